The van der Waals surface area contributed by atoms with E-state index in [4.69, 9.17) is 0 Å². The first-order valence-electron chi connectivity index (χ1n) is 4.39. The normalized spacial score (nSPS) is 10.3. The minimum Gasteiger partial charge on any atom is -0.250 e. The molecule has 2 heteroatoms. The van der Waals surface area contributed by atoms with Crippen LogP contribution in [0.2, 0.25) is 0 Å². The van der Waals surface area contributed by atoms with E-state index in [0.717, 1.165) is 0 Å². The van der Waals surface area contributed by atoms with E-state index < -0.39 is 0 Å². The van der Waals surface area contributed by atoms with Gasteiger partial charge in [0, 0.05) is 0 Å². The number of aromatic amines is 1. The molecule has 1 N–H and O–H groups in total. The maximum absolute atomic E-state index is 3.03. The summed E-state index contributed by atoms with van der Waals surface area (Å²) in [6, 6.07) is 6.45. The highest BCUT2D eigenvalue weighted by Crippen LogP contribution is 2.09. The lowest BCUT2D eigenvalue weighted by Gasteiger charge is -2.01. The van der Waals surface area contributed by atoms with Crippen LogP contribution in [-0.2, 0) is 0 Å². The Balaban J connectivity index is 2.53. The van der Waals surface area contributed by atoms with Gasteiger partial charge in [-0.15, -0.1) is 0 Å². The van der Waals surface area contributed by atoms with Gasteiger partial charge in [0.15, 0.2) is 0 Å². The molecular weight excluding hydrogens is 160 g/mol. The summed E-state index contributed by atoms with van der Waals surface area (Å²) in [4.78, 5) is 3.03. The maximum Gasteiger partial charge on any atom is 0.246 e. The van der Waals surface area contributed by atoms with Crippen molar-refractivity contribution in [1.29, 1.82) is 0 Å². The van der Waals surface area contributed by atoms with Crippen molar-refractivity contribution in [3.05, 3.63) is 48.0 Å². The molecule has 1 aromatic carbocycles. The molecule has 0 aliphatic heterocycles. The number of hydrogen-bond donors (Lipinski definition) is 1. The summed E-state index contributed by atoms with van der Waals surface area (Å²) in [6.45, 7) is 4.24. The first kappa shape index (κ1) is 8.05. The Labute approximate surface area is 77.9 Å². The zero-order valence-corrected chi connectivity index (χ0v) is 7.91. The Hall–Kier alpha value is -1.57. The molecule has 0 fully saturated rings. The number of benzene rings is 1. The Morgan fingerprint density at radius 3 is 2.69 bits per heavy atom. The highest BCUT2D eigenvalue weighted by Gasteiger charge is 2.04. The second-order valence-electron chi connectivity index (χ2n) is 3.31. The molecule has 13 heavy (non-hydrogen) atoms. The summed E-state index contributed by atoms with van der Waals surface area (Å²) < 4.78 is 2.08. The van der Waals surface area contributed by atoms with Crippen LogP contribution in [0.3, 0.4) is 0 Å². The van der Waals surface area contributed by atoms with Gasteiger partial charge in [-0.2, -0.15) is 0 Å². The molecule has 2 rings (SSSR count). The largest absolute Gasteiger partial charge is 0.250 e. The topological polar surface area (TPSA) is 19.7 Å². The summed E-state index contributed by atoms with van der Waals surface area (Å²) in [5, 5.41) is 0. The molecule has 0 bridgehead atoms. The van der Waals surface area contributed by atoms with E-state index in [9.17, 15) is 0 Å². The van der Waals surface area contributed by atoms with Gasteiger partial charge in [0.1, 0.15) is 18.1 Å². The molecule has 0 saturated heterocycles. The lowest BCUT2D eigenvalue weighted by atomic mass is 10.1. The lowest BCUT2D eigenvalue weighted by molar-refractivity contribution is -0.594. The van der Waals surface area contributed by atoms with Crippen LogP contribution in [0.4, 0.5) is 0 Å². The number of nitrogens with one attached hydrogen (secondary N) is 1. The molecule has 2 nitrogen and oxygen atoms in total. The van der Waals surface area contributed by atoms with Gasteiger partial charge >= 0.3 is 0 Å². The van der Waals surface area contributed by atoms with Gasteiger partial charge in [0.25, 0.3) is 0 Å². The molecule has 2 aromatic rings. The predicted molar refractivity (Wildman–Crippen MR) is 51.8 cm³/mol. The summed E-state index contributed by atoms with van der Waals surface area (Å²) in [5.41, 5.74) is 3.83. The van der Waals surface area contributed by atoms with E-state index in [0.29, 0.717) is 0 Å². The van der Waals surface area contributed by atoms with E-state index in [1.165, 1.54) is 16.8 Å². The van der Waals surface area contributed by atoms with Crippen molar-refractivity contribution in [3.8, 4) is 5.69 Å². The van der Waals surface area contributed by atoms with Gasteiger partial charge in [-0.3, -0.25) is 0 Å². The van der Waals surface area contributed by atoms with Crippen LogP contribution in [-0.4, -0.2) is 4.98 Å². The fourth-order valence-corrected chi connectivity index (χ4v) is 1.53. The molecule has 0 spiro atoms. The average Bonchev–Trinajstić information content (AvgIpc) is 2.56. The minimum absolute atomic E-state index is 1.23. The van der Waals surface area contributed by atoms with E-state index in [-0.39, 0.29) is 0 Å². The standard InChI is InChI=1S/C11H12N2/c1-9-3-4-11(10(2)7-9)13-6-5-12-8-13/h3-8H,1-2H3/p+1. The van der Waals surface area contributed by atoms with Crippen molar-refractivity contribution in [1.82, 2.24) is 4.98 Å². The predicted octanol–water partition coefficient (Wildman–Crippen LogP) is 1.91. The fraction of sp³-hybridized carbons (Fsp3) is 0.182. The third-order valence-corrected chi connectivity index (χ3v) is 2.18. The molecule has 0 saturated carbocycles. The fourth-order valence-electron chi connectivity index (χ4n) is 1.53. The first-order valence-corrected chi connectivity index (χ1v) is 4.39. The van der Waals surface area contributed by atoms with Crippen LogP contribution < -0.4 is 4.57 Å². The van der Waals surface area contributed by atoms with Crippen molar-refractivity contribution in [3.63, 3.8) is 0 Å². The Morgan fingerprint density at radius 2 is 2.08 bits per heavy atom. The van der Waals surface area contributed by atoms with Crippen LogP contribution in [0.15, 0.2) is 36.9 Å². The third-order valence-electron chi connectivity index (χ3n) is 2.18. The Bertz CT molecular complexity index is 402. The molecule has 0 aliphatic carbocycles. The van der Waals surface area contributed by atoms with Gasteiger partial charge in [0.2, 0.25) is 6.33 Å². The quantitative estimate of drug-likeness (QED) is 0.635. The highest BCUT2D eigenvalue weighted by molar-refractivity contribution is 5.35. The summed E-state index contributed by atoms with van der Waals surface area (Å²) in [5.74, 6) is 0. The van der Waals surface area contributed by atoms with Gasteiger partial charge in [-0.25, -0.2) is 9.55 Å². The number of aromatic nitrogens is 2. The van der Waals surface area contributed by atoms with E-state index in [1.54, 1.807) is 0 Å². The van der Waals surface area contributed by atoms with Gasteiger partial charge in [0.05, 0.1) is 0 Å². The number of H-pyrrole nitrogens is 1. The summed E-state index contributed by atoms with van der Waals surface area (Å²) >= 11 is 0. The Morgan fingerprint density at radius 1 is 1.23 bits per heavy atom. The maximum atomic E-state index is 3.03. The average molecular weight is 173 g/mol. The van der Waals surface area contributed by atoms with E-state index in [2.05, 4.69) is 41.6 Å². The molecule has 0 unspecified atom stereocenters. The van der Waals surface area contributed by atoms with Crippen molar-refractivity contribution in [2.24, 2.45) is 0 Å². The number of hydrogen-bond acceptors (Lipinski definition) is 0. The molecule has 1 heterocycles. The van der Waals surface area contributed by atoms with Gasteiger partial charge < -0.3 is 0 Å². The van der Waals surface area contributed by atoms with Crippen LogP contribution in [0.1, 0.15) is 11.1 Å². The van der Waals surface area contributed by atoms with Crippen LogP contribution in [0.5, 0.6) is 0 Å². The van der Waals surface area contributed by atoms with E-state index in [1.807, 2.05) is 18.7 Å². The third kappa shape index (κ3) is 1.47. The molecular formula is C11H13N2+. The highest BCUT2D eigenvalue weighted by atomic mass is 15.0. The molecule has 0 atom stereocenters. The van der Waals surface area contributed by atoms with Crippen LogP contribution >= 0.6 is 0 Å². The van der Waals surface area contributed by atoms with E-state index >= 15 is 0 Å². The number of nitrogens with zero attached hydrogens (tertiary/aromatic N) is 1. The summed E-state index contributed by atoms with van der Waals surface area (Å²) in [7, 11) is 0. The monoisotopic (exact) mass is 173 g/mol. The van der Waals surface area contributed by atoms with Crippen molar-refractivity contribution >= 4 is 0 Å². The first-order chi connectivity index (χ1) is 6.27. The smallest absolute Gasteiger partial charge is 0.246 e. The number of rotatable bonds is 1. The lowest BCUT2D eigenvalue weighted by Crippen LogP contribution is -2.27. The second-order valence-corrected chi connectivity index (χ2v) is 3.31. The Kier molecular flexibility index (Phi) is 1.89. The number of aryl methyl sites for hydroxylation is 2. The van der Waals surface area contributed by atoms with Crippen LogP contribution in [0, 0.1) is 13.8 Å². The van der Waals surface area contributed by atoms with Crippen LogP contribution in [0.25, 0.3) is 5.69 Å². The zero-order valence-electron chi connectivity index (χ0n) is 7.91. The SMILES string of the molecule is Cc1ccc(-[n+]2cc[nH]c2)c(C)c1. The van der Waals surface area contributed by atoms with Gasteiger partial charge in [-0.1, -0.05) is 17.7 Å². The molecule has 0 aliphatic rings. The summed E-state index contributed by atoms with van der Waals surface area (Å²) in [6.07, 6.45) is 5.87. The van der Waals surface area contributed by atoms with Crippen molar-refractivity contribution in [2.45, 2.75) is 13.8 Å². The van der Waals surface area contributed by atoms with Gasteiger partial charge in [-0.05, 0) is 25.5 Å². The number of imidazole rings is 1. The minimum atomic E-state index is 1.23. The molecule has 0 radical (unpaired) electrons. The molecule has 1 aromatic heterocycles. The van der Waals surface area contributed by atoms with Crippen molar-refractivity contribution in [2.75, 3.05) is 0 Å². The zero-order chi connectivity index (χ0) is 9.26. The molecule has 66 valence electrons. The molecule has 0 amide bonds. The second kappa shape index (κ2) is 3.05. The van der Waals surface area contributed by atoms with Crippen molar-refractivity contribution < 1.29 is 4.57 Å².